The molecule has 0 spiro atoms. The Morgan fingerprint density at radius 3 is 3.18 bits per heavy atom. The lowest BCUT2D eigenvalue weighted by molar-refractivity contribution is 0.878. The Kier molecular flexibility index (Phi) is 2.96. The predicted octanol–water partition coefficient (Wildman–Crippen LogP) is 2.39. The van der Waals surface area contributed by atoms with Gasteiger partial charge in [-0.15, -0.1) is 0 Å². The lowest BCUT2D eigenvalue weighted by Gasteiger charge is -2.10. The fraction of sp³-hybridized carbons (Fsp3) is 0.400. The Morgan fingerprint density at radius 2 is 2.55 bits per heavy atom. The molecule has 0 unspecified atom stereocenters. The molecule has 0 saturated heterocycles. The highest BCUT2D eigenvalue weighted by atomic mass is 14.8. The number of allylic oxidation sites excluding steroid dienone is 4. The van der Waals surface area contributed by atoms with Crippen LogP contribution in [0.5, 0.6) is 0 Å². The van der Waals surface area contributed by atoms with Crippen molar-refractivity contribution >= 4 is 0 Å². The highest BCUT2D eigenvalue weighted by Gasteiger charge is 2.02. The first-order valence-corrected chi connectivity index (χ1v) is 4.13. The second-order valence-corrected chi connectivity index (χ2v) is 2.69. The van der Waals surface area contributed by atoms with E-state index in [1.54, 1.807) is 0 Å². The van der Waals surface area contributed by atoms with Crippen molar-refractivity contribution in [1.29, 1.82) is 0 Å². The van der Waals surface area contributed by atoms with E-state index in [1.165, 1.54) is 5.57 Å². The van der Waals surface area contributed by atoms with Crippen molar-refractivity contribution in [2.45, 2.75) is 19.8 Å². The van der Waals surface area contributed by atoms with Gasteiger partial charge in [-0.3, -0.25) is 0 Å². The van der Waals surface area contributed by atoms with Crippen LogP contribution in [0.15, 0.2) is 36.1 Å². The average molecular weight is 149 g/mol. The molecule has 0 aromatic heterocycles. The molecule has 1 heteroatoms. The molecule has 1 nitrogen and oxygen atoms in total. The first kappa shape index (κ1) is 8.12. The maximum atomic E-state index is 3.95. The Labute approximate surface area is 68.5 Å². The zero-order chi connectivity index (χ0) is 8.10. The van der Waals surface area contributed by atoms with E-state index in [1.807, 2.05) is 0 Å². The normalized spacial score (nSPS) is 20.8. The molecule has 60 valence electrons. The van der Waals surface area contributed by atoms with Gasteiger partial charge < -0.3 is 5.32 Å². The molecule has 0 saturated carbocycles. The minimum Gasteiger partial charge on any atom is -0.391 e. The molecule has 0 bridgehead atoms. The highest BCUT2D eigenvalue weighted by molar-refractivity contribution is 5.39. The summed E-state index contributed by atoms with van der Waals surface area (Å²) in [6, 6.07) is 0. The third-order valence-corrected chi connectivity index (χ3v) is 1.79. The summed E-state index contributed by atoms with van der Waals surface area (Å²) in [6.07, 6.45) is 8.61. The molecule has 11 heavy (non-hydrogen) atoms. The van der Waals surface area contributed by atoms with Gasteiger partial charge in [0.25, 0.3) is 0 Å². The average Bonchev–Trinajstić information content (AvgIpc) is 2.03. The van der Waals surface area contributed by atoms with Crippen molar-refractivity contribution in [2.24, 2.45) is 0 Å². The lowest BCUT2D eigenvalue weighted by atomic mass is 9.98. The molecule has 0 aliphatic heterocycles. The van der Waals surface area contributed by atoms with Crippen LogP contribution in [0.1, 0.15) is 19.8 Å². The molecule has 0 amide bonds. The molecule has 1 rings (SSSR count). The molecule has 0 atom stereocenters. The standard InChI is InChI=1S/C10H15N/c1-3-11-8-10-7-5-4-6-9(10)2/h4,6,8,11H,2-3,5,7H2,1H3/b10-8-. The van der Waals surface area contributed by atoms with Crippen LogP contribution in [0.4, 0.5) is 0 Å². The Balaban J connectivity index is 2.57. The minimum absolute atomic E-state index is 0.987. The molecular weight excluding hydrogens is 134 g/mol. The van der Waals surface area contributed by atoms with Crippen molar-refractivity contribution in [2.75, 3.05) is 6.54 Å². The first-order chi connectivity index (χ1) is 5.34. The van der Waals surface area contributed by atoms with E-state index in [9.17, 15) is 0 Å². The van der Waals surface area contributed by atoms with Gasteiger partial charge in [0.1, 0.15) is 0 Å². The van der Waals surface area contributed by atoms with Gasteiger partial charge in [0.2, 0.25) is 0 Å². The van der Waals surface area contributed by atoms with E-state index in [2.05, 4.69) is 37.2 Å². The van der Waals surface area contributed by atoms with Crippen molar-refractivity contribution in [3.63, 3.8) is 0 Å². The summed E-state index contributed by atoms with van der Waals surface area (Å²) < 4.78 is 0. The van der Waals surface area contributed by atoms with Crippen LogP contribution in [-0.4, -0.2) is 6.54 Å². The van der Waals surface area contributed by atoms with Gasteiger partial charge in [0.15, 0.2) is 0 Å². The number of hydrogen-bond acceptors (Lipinski definition) is 1. The quantitative estimate of drug-likeness (QED) is 0.635. The molecular formula is C10H15N. The third kappa shape index (κ3) is 2.26. The molecule has 0 aromatic rings. The summed E-state index contributed by atoms with van der Waals surface area (Å²) in [6.45, 7) is 7.04. The maximum Gasteiger partial charge on any atom is 0.0113 e. The van der Waals surface area contributed by atoms with Crippen LogP contribution < -0.4 is 5.32 Å². The summed E-state index contributed by atoms with van der Waals surface area (Å²) in [5.41, 5.74) is 2.49. The van der Waals surface area contributed by atoms with Gasteiger partial charge in [0.05, 0.1) is 0 Å². The maximum absolute atomic E-state index is 3.95. The summed E-state index contributed by atoms with van der Waals surface area (Å²) in [7, 11) is 0. The summed E-state index contributed by atoms with van der Waals surface area (Å²) in [5, 5.41) is 3.19. The monoisotopic (exact) mass is 149 g/mol. The molecule has 1 N–H and O–H groups in total. The zero-order valence-electron chi connectivity index (χ0n) is 7.06. The fourth-order valence-electron chi connectivity index (χ4n) is 1.12. The molecule has 0 fully saturated rings. The van der Waals surface area contributed by atoms with Crippen LogP contribution in [-0.2, 0) is 0 Å². The van der Waals surface area contributed by atoms with E-state index < -0.39 is 0 Å². The summed E-state index contributed by atoms with van der Waals surface area (Å²) in [4.78, 5) is 0. The van der Waals surface area contributed by atoms with Gasteiger partial charge in [0, 0.05) is 12.7 Å². The highest BCUT2D eigenvalue weighted by Crippen LogP contribution is 2.20. The molecule has 0 heterocycles. The smallest absolute Gasteiger partial charge is 0.0113 e. The largest absolute Gasteiger partial charge is 0.391 e. The Morgan fingerprint density at radius 1 is 1.73 bits per heavy atom. The third-order valence-electron chi connectivity index (χ3n) is 1.79. The summed E-state index contributed by atoms with van der Waals surface area (Å²) in [5.74, 6) is 0. The SMILES string of the molecule is C=C1C=CCC/C1=C/NCC. The minimum atomic E-state index is 0.987. The Bertz CT molecular complexity index is 199. The number of rotatable bonds is 2. The van der Waals surface area contributed by atoms with Crippen LogP contribution >= 0.6 is 0 Å². The van der Waals surface area contributed by atoms with Crippen LogP contribution in [0.25, 0.3) is 0 Å². The fourth-order valence-corrected chi connectivity index (χ4v) is 1.12. The van der Waals surface area contributed by atoms with Gasteiger partial charge in [-0.05, 0) is 30.9 Å². The topological polar surface area (TPSA) is 12.0 Å². The van der Waals surface area contributed by atoms with Gasteiger partial charge >= 0.3 is 0 Å². The zero-order valence-corrected chi connectivity index (χ0v) is 7.06. The number of nitrogens with one attached hydrogen (secondary N) is 1. The van der Waals surface area contributed by atoms with E-state index in [-0.39, 0.29) is 0 Å². The predicted molar refractivity (Wildman–Crippen MR) is 49.3 cm³/mol. The van der Waals surface area contributed by atoms with E-state index in [0.29, 0.717) is 0 Å². The van der Waals surface area contributed by atoms with Crippen LogP contribution in [0.2, 0.25) is 0 Å². The van der Waals surface area contributed by atoms with Crippen LogP contribution in [0.3, 0.4) is 0 Å². The molecule has 1 aliphatic rings. The lowest BCUT2D eigenvalue weighted by Crippen LogP contribution is -2.05. The van der Waals surface area contributed by atoms with Gasteiger partial charge in [-0.25, -0.2) is 0 Å². The van der Waals surface area contributed by atoms with Crippen molar-refractivity contribution in [3.05, 3.63) is 36.1 Å². The van der Waals surface area contributed by atoms with Gasteiger partial charge in [-0.2, -0.15) is 0 Å². The van der Waals surface area contributed by atoms with Crippen molar-refractivity contribution in [3.8, 4) is 0 Å². The second-order valence-electron chi connectivity index (χ2n) is 2.69. The van der Waals surface area contributed by atoms with E-state index in [4.69, 9.17) is 0 Å². The molecule has 0 radical (unpaired) electrons. The van der Waals surface area contributed by atoms with E-state index >= 15 is 0 Å². The second kappa shape index (κ2) is 4.02. The van der Waals surface area contributed by atoms with Crippen molar-refractivity contribution in [1.82, 2.24) is 5.32 Å². The summed E-state index contributed by atoms with van der Waals surface area (Å²) >= 11 is 0. The molecule has 1 aliphatic carbocycles. The van der Waals surface area contributed by atoms with Crippen molar-refractivity contribution < 1.29 is 0 Å². The van der Waals surface area contributed by atoms with E-state index in [0.717, 1.165) is 25.0 Å². The Hall–Kier alpha value is -0.980. The van der Waals surface area contributed by atoms with Crippen LogP contribution in [0, 0.1) is 0 Å². The number of hydrogen-bond donors (Lipinski definition) is 1. The van der Waals surface area contributed by atoms with Gasteiger partial charge in [-0.1, -0.05) is 18.7 Å². The molecule has 0 aromatic carbocycles. The first-order valence-electron chi connectivity index (χ1n) is 4.13.